The maximum atomic E-state index is 5.66. The molecule has 1 aliphatic rings. The summed E-state index contributed by atoms with van der Waals surface area (Å²) in [7, 11) is 0. The van der Waals surface area contributed by atoms with Gasteiger partial charge in [0.05, 0.1) is 12.8 Å². The highest BCUT2D eigenvalue weighted by Gasteiger charge is 2.21. The van der Waals surface area contributed by atoms with Crippen molar-refractivity contribution in [2.75, 3.05) is 19.6 Å². The van der Waals surface area contributed by atoms with Crippen molar-refractivity contribution in [2.24, 2.45) is 5.41 Å². The zero-order chi connectivity index (χ0) is 14.6. The molecule has 0 amide bonds. The number of rotatable bonds is 5. The average molecular weight is 276 g/mol. The minimum Gasteiger partial charge on any atom is -0.468 e. The molecule has 0 bridgehead atoms. The Labute approximate surface area is 123 Å². The third kappa shape index (κ3) is 4.22. The Balaban J connectivity index is 1.86. The second kappa shape index (κ2) is 6.59. The van der Waals surface area contributed by atoms with Gasteiger partial charge in [0.25, 0.3) is 0 Å². The molecule has 0 fully saturated rings. The van der Waals surface area contributed by atoms with Crippen LogP contribution in [0.5, 0.6) is 0 Å². The molecule has 0 saturated heterocycles. The van der Waals surface area contributed by atoms with Crippen molar-refractivity contribution in [1.29, 1.82) is 0 Å². The van der Waals surface area contributed by atoms with Crippen LogP contribution in [0.1, 0.15) is 45.4 Å². The van der Waals surface area contributed by atoms with E-state index in [1.165, 1.54) is 12.0 Å². The summed E-state index contributed by atoms with van der Waals surface area (Å²) in [6, 6.07) is 2.17. The highest BCUT2D eigenvalue weighted by Crippen LogP contribution is 2.30. The lowest BCUT2D eigenvalue weighted by Crippen LogP contribution is -2.30. The van der Waals surface area contributed by atoms with Crippen LogP contribution in [0.25, 0.3) is 0 Å². The highest BCUT2D eigenvalue weighted by atomic mass is 16.3. The first-order valence-electron chi connectivity index (χ1n) is 7.68. The number of nitrogens with zero attached hydrogens (tertiary/aromatic N) is 1. The lowest BCUT2D eigenvalue weighted by atomic mass is 9.83. The number of hydrogen-bond donors (Lipinski definition) is 1. The van der Waals surface area contributed by atoms with Gasteiger partial charge in [-0.25, -0.2) is 0 Å². The van der Waals surface area contributed by atoms with Gasteiger partial charge in [0, 0.05) is 25.2 Å². The Hall–Kier alpha value is -1.06. The van der Waals surface area contributed by atoms with Gasteiger partial charge in [-0.3, -0.25) is 4.90 Å². The van der Waals surface area contributed by atoms with Crippen molar-refractivity contribution >= 4 is 0 Å². The Morgan fingerprint density at radius 2 is 2.15 bits per heavy atom. The van der Waals surface area contributed by atoms with Crippen molar-refractivity contribution in [3.8, 4) is 0 Å². The first kappa shape index (κ1) is 15.3. The lowest BCUT2D eigenvalue weighted by Gasteiger charge is -2.31. The van der Waals surface area contributed by atoms with Crippen LogP contribution < -0.4 is 5.32 Å². The summed E-state index contributed by atoms with van der Waals surface area (Å²) in [5, 5.41) is 3.32. The van der Waals surface area contributed by atoms with Crippen molar-refractivity contribution < 1.29 is 4.42 Å². The first-order valence-corrected chi connectivity index (χ1v) is 7.68. The van der Waals surface area contributed by atoms with E-state index in [4.69, 9.17) is 4.42 Å². The summed E-state index contributed by atoms with van der Waals surface area (Å²) in [6.07, 6.45) is 5.44. The molecule has 1 aromatic heterocycles. The van der Waals surface area contributed by atoms with Gasteiger partial charge >= 0.3 is 0 Å². The Bertz CT molecular complexity index is 454. The third-order valence-electron chi connectivity index (χ3n) is 3.92. The maximum absolute atomic E-state index is 5.66. The van der Waals surface area contributed by atoms with Crippen molar-refractivity contribution in [2.45, 2.75) is 47.2 Å². The van der Waals surface area contributed by atoms with Gasteiger partial charge in [0.1, 0.15) is 5.76 Å². The average Bonchev–Trinajstić information content (AvgIpc) is 2.83. The zero-order valence-corrected chi connectivity index (χ0v) is 13.3. The molecule has 0 radical (unpaired) electrons. The predicted molar refractivity (Wildman–Crippen MR) is 83.5 cm³/mol. The van der Waals surface area contributed by atoms with Crippen LogP contribution in [0.2, 0.25) is 0 Å². The van der Waals surface area contributed by atoms with Crippen LogP contribution in [-0.2, 0) is 13.1 Å². The molecule has 3 heteroatoms. The standard InChI is InChI=1S/C17H28N2O/c1-5-18-11-14-10-16(20-13-14)12-19-8-6-15(7-9-19)17(2,3)4/h6,10,13,18H,5,7-9,11-12H2,1-4H3. The summed E-state index contributed by atoms with van der Waals surface area (Å²) >= 11 is 0. The zero-order valence-electron chi connectivity index (χ0n) is 13.3. The SMILES string of the molecule is CCNCc1coc(CN2CC=C(C(C)(C)C)CC2)c1. The van der Waals surface area contributed by atoms with E-state index in [9.17, 15) is 0 Å². The quantitative estimate of drug-likeness (QED) is 0.833. The monoisotopic (exact) mass is 276 g/mol. The van der Waals surface area contributed by atoms with Gasteiger partial charge in [-0.15, -0.1) is 0 Å². The number of nitrogens with one attached hydrogen (secondary N) is 1. The molecule has 2 heterocycles. The third-order valence-corrected chi connectivity index (χ3v) is 3.92. The van der Waals surface area contributed by atoms with E-state index in [2.05, 4.69) is 50.1 Å². The second-order valence-electron chi connectivity index (χ2n) is 6.67. The molecular weight excluding hydrogens is 248 g/mol. The molecule has 3 nitrogen and oxygen atoms in total. The molecule has 2 rings (SSSR count). The van der Waals surface area contributed by atoms with Crippen LogP contribution in [0.15, 0.2) is 28.4 Å². The lowest BCUT2D eigenvalue weighted by molar-refractivity contribution is 0.250. The molecule has 0 aromatic carbocycles. The Kier molecular flexibility index (Phi) is 5.06. The van der Waals surface area contributed by atoms with Crippen LogP contribution in [0.4, 0.5) is 0 Å². The molecule has 20 heavy (non-hydrogen) atoms. The van der Waals surface area contributed by atoms with E-state index in [0.717, 1.165) is 38.5 Å². The summed E-state index contributed by atoms with van der Waals surface area (Å²) < 4.78 is 5.66. The highest BCUT2D eigenvalue weighted by molar-refractivity contribution is 5.16. The Morgan fingerprint density at radius 3 is 2.75 bits per heavy atom. The fourth-order valence-corrected chi connectivity index (χ4v) is 2.63. The molecule has 1 aliphatic heterocycles. The molecule has 0 spiro atoms. The van der Waals surface area contributed by atoms with Crippen molar-refractivity contribution in [3.63, 3.8) is 0 Å². The number of furan rings is 1. The fraction of sp³-hybridized carbons (Fsp3) is 0.647. The first-order chi connectivity index (χ1) is 9.49. The molecule has 112 valence electrons. The summed E-state index contributed by atoms with van der Waals surface area (Å²) in [4.78, 5) is 2.45. The van der Waals surface area contributed by atoms with Gasteiger partial charge in [-0.1, -0.05) is 39.3 Å². The smallest absolute Gasteiger partial charge is 0.118 e. The second-order valence-corrected chi connectivity index (χ2v) is 6.67. The van der Waals surface area contributed by atoms with E-state index in [-0.39, 0.29) is 0 Å². The van der Waals surface area contributed by atoms with Crippen LogP contribution in [-0.4, -0.2) is 24.5 Å². The van der Waals surface area contributed by atoms with Crippen molar-refractivity contribution in [3.05, 3.63) is 35.3 Å². The van der Waals surface area contributed by atoms with Crippen LogP contribution in [0, 0.1) is 5.41 Å². The molecule has 0 aliphatic carbocycles. The topological polar surface area (TPSA) is 28.4 Å². The molecule has 1 N–H and O–H groups in total. The van der Waals surface area contributed by atoms with Gasteiger partial charge in [-0.2, -0.15) is 0 Å². The van der Waals surface area contributed by atoms with Crippen LogP contribution >= 0.6 is 0 Å². The van der Waals surface area contributed by atoms with Gasteiger partial charge < -0.3 is 9.73 Å². The maximum Gasteiger partial charge on any atom is 0.118 e. The van der Waals surface area contributed by atoms with E-state index in [1.807, 2.05) is 6.26 Å². The summed E-state index contributed by atoms with van der Waals surface area (Å²) in [6.45, 7) is 14.0. The van der Waals surface area contributed by atoms with Crippen molar-refractivity contribution in [1.82, 2.24) is 10.2 Å². The van der Waals surface area contributed by atoms with Gasteiger partial charge in [0.15, 0.2) is 0 Å². The largest absolute Gasteiger partial charge is 0.468 e. The normalized spacial score (nSPS) is 17.3. The fourth-order valence-electron chi connectivity index (χ4n) is 2.63. The van der Waals surface area contributed by atoms with Gasteiger partial charge in [-0.05, 0) is 24.4 Å². The minimum atomic E-state index is 0.315. The predicted octanol–water partition coefficient (Wildman–Crippen LogP) is 3.57. The van der Waals surface area contributed by atoms with E-state index in [1.54, 1.807) is 5.57 Å². The molecular formula is C17H28N2O. The van der Waals surface area contributed by atoms with E-state index >= 15 is 0 Å². The molecule has 1 aromatic rings. The Morgan fingerprint density at radius 1 is 1.35 bits per heavy atom. The van der Waals surface area contributed by atoms with E-state index in [0.29, 0.717) is 5.41 Å². The summed E-state index contributed by atoms with van der Waals surface area (Å²) in [5.74, 6) is 1.07. The summed E-state index contributed by atoms with van der Waals surface area (Å²) in [5.41, 5.74) is 3.14. The molecule has 0 unspecified atom stereocenters. The minimum absolute atomic E-state index is 0.315. The molecule has 0 atom stereocenters. The molecule has 0 saturated carbocycles. The van der Waals surface area contributed by atoms with E-state index < -0.39 is 0 Å². The number of hydrogen-bond acceptors (Lipinski definition) is 3. The van der Waals surface area contributed by atoms with Gasteiger partial charge in [0.2, 0.25) is 0 Å². The van der Waals surface area contributed by atoms with Crippen LogP contribution in [0.3, 0.4) is 0 Å².